The van der Waals surface area contributed by atoms with Crippen molar-refractivity contribution in [2.24, 2.45) is 0 Å². The van der Waals surface area contributed by atoms with Gasteiger partial charge < -0.3 is 9.64 Å². The summed E-state index contributed by atoms with van der Waals surface area (Å²) in [6.07, 6.45) is -0.175. The highest BCUT2D eigenvalue weighted by Crippen LogP contribution is 2.31. The number of imidazole rings is 1. The third-order valence-corrected chi connectivity index (χ3v) is 4.88. The van der Waals surface area contributed by atoms with E-state index in [-0.39, 0.29) is 11.4 Å². The molecule has 2 heterocycles. The topological polar surface area (TPSA) is 59.7 Å². The van der Waals surface area contributed by atoms with Gasteiger partial charge in [0.15, 0.2) is 5.65 Å². The van der Waals surface area contributed by atoms with Crippen molar-refractivity contribution in [2.45, 2.75) is 12.8 Å². The minimum Gasteiger partial charge on any atom is -0.435 e. The fraction of sp³-hybridized carbons (Fsp3) is 0.136. The molecule has 4 aromatic rings. The van der Waals surface area contributed by atoms with Crippen LogP contribution in [0.15, 0.2) is 67.1 Å². The van der Waals surface area contributed by atoms with Crippen LogP contribution in [0.2, 0.25) is 0 Å². The van der Waals surface area contributed by atoms with Crippen LogP contribution in [-0.4, -0.2) is 33.9 Å². The number of hydrogen-bond acceptors (Lipinski definition) is 4. The average molecular weight is 462 g/mol. The Bertz CT molecular complexity index is 1290. The summed E-state index contributed by atoms with van der Waals surface area (Å²) >= 11 is 0. The van der Waals surface area contributed by atoms with E-state index in [4.69, 9.17) is 0 Å². The summed E-state index contributed by atoms with van der Waals surface area (Å²) < 4.78 is 69.0. The summed E-state index contributed by atoms with van der Waals surface area (Å²) in [5.74, 6) is -0.541. The fourth-order valence-corrected chi connectivity index (χ4v) is 3.18. The monoisotopic (exact) mass is 462 g/mol. The molecule has 0 aliphatic rings. The maximum absolute atomic E-state index is 12.9. The smallest absolute Gasteiger partial charge is 0.416 e. The number of halogens is 5. The van der Waals surface area contributed by atoms with Gasteiger partial charge in [-0.15, -0.1) is 0 Å². The fourth-order valence-electron chi connectivity index (χ4n) is 3.18. The Labute approximate surface area is 183 Å². The molecule has 4 rings (SSSR count). The van der Waals surface area contributed by atoms with Gasteiger partial charge in [-0.25, -0.2) is 9.97 Å². The molecular formula is C22H15F5N4O2. The van der Waals surface area contributed by atoms with Gasteiger partial charge in [0.1, 0.15) is 11.4 Å². The van der Waals surface area contributed by atoms with Gasteiger partial charge in [-0.3, -0.25) is 9.20 Å². The quantitative estimate of drug-likeness (QED) is 0.378. The molecule has 0 unspecified atom stereocenters. The Morgan fingerprint density at radius 3 is 2.27 bits per heavy atom. The van der Waals surface area contributed by atoms with Crippen LogP contribution in [0, 0.1) is 0 Å². The minimum absolute atomic E-state index is 0.0454. The highest BCUT2D eigenvalue weighted by molar-refractivity contribution is 6.04. The number of hydrogen-bond donors (Lipinski definition) is 0. The first-order chi connectivity index (χ1) is 15.6. The molecule has 0 N–H and O–H groups in total. The van der Waals surface area contributed by atoms with E-state index in [1.807, 2.05) is 0 Å². The Balaban J connectivity index is 1.62. The molecule has 0 radical (unpaired) electrons. The lowest BCUT2D eigenvalue weighted by Crippen LogP contribution is -2.27. The van der Waals surface area contributed by atoms with E-state index < -0.39 is 24.3 Å². The third-order valence-electron chi connectivity index (χ3n) is 4.88. The second-order valence-corrected chi connectivity index (χ2v) is 6.96. The molecule has 0 bridgehead atoms. The molecule has 1 amide bonds. The molecule has 2 aromatic heterocycles. The van der Waals surface area contributed by atoms with E-state index in [1.54, 1.807) is 4.40 Å². The van der Waals surface area contributed by atoms with Crippen LogP contribution in [0.1, 0.15) is 16.1 Å². The molecule has 11 heteroatoms. The van der Waals surface area contributed by atoms with Crippen LogP contribution in [-0.2, 0) is 6.18 Å². The number of nitrogens with zero attached hydrogens (tertiary/aromatic N) is 4. The third kappa shape index (κ3) is 4.61. The summed E-state index contributed by atoms with van der Waals surface area (Å²) in [4.78, 5) is 22.5. The number of rotatable bonds is 5. The van der Waals surface area contributed by atoms with Crippen molar-refractivity contribution in [3.63, 3.8) is 0 Å². The van der Waals surface area contributed by atoms with E-state index in [0.29, 0.717) is 22.6 Å². The van der Waals surface area contributed by atoms with E-state index in [1.165, 1.54) is 66.9 Å². The van der Waals surface area contributed by atoms with Crippen LogP contribution in [0.5, 0.6) is 5.75 Å². The van der Waals surface area contributed by atoms with Gasteiger partial charge in [0, 0.05) is 24.5 Å². The number of benzene rings is 2. The molecular weight excluding hydrogens is 447 g/mol. The van der Waals surface area contributed by atoms with Gasteiger partial charge in [-0.05, 0) is 36.4 Å². The Morgan fingerprint density at radius 1 is 1.00 bits per heavy atom. The zero-order chi connectivity index (χ0) is 23.8. The number of alkyl halides is 5. The Morgan fingerprint density at radius 2 is 1.67 bits per heavy atom. The SMILES string of the molecule is CN(C(=O)c1cn2c(-c3ccc(C(F)(F)F)cc3)cnc2cn1)c1ccc(OC(F)F)cc1. The van der Waals surface area contributed by atoms with Crippen LogP contribution < -0.4 is 9.64 Å². The highest BCUT2D eigenvalue weighted by atomic mass is 19.4. The van der Waals surface area contributed by atoms with E-state index in [2.05, 4.69) is 14.7 Å². The van der Waals surface area contributed by atoms with Crippen molar-refractivity contribution in [3.8, 4) is 17.0 Å². The van der Waals surface area contributed by atoms with E-state index in [9.17, 15) is 26.7 Å². The molecule has 0 spiro atoms. The van der Waals surface area contributed by atoms with Gasteiger partial charge in [-0.1, -0.05) is 12.1 Å². The molecule has 170 valence electrons. The molecule has 0 aliphatic heterocycles. The molecule has 0 atom stereocenters. The second-order valence-electron chi connectivity index (χ2n) is 6.96. The maximum Gasteiger partial charge on any atom is 0.416 e. The van der Waals surface area contributed by atoms with Crippen molar-refractivity contribution >= 4 is 17.2 Å². The molecule has 0 saturated heterocycles. The number of ether oxygens (including phenoxy) is 1. The number of aromatic nitrogens is 3. The molecule has 0 saturated carbocycles. The van der Waals surface area contributed by atoms with Crippen LogP contribution in [0.25, 0.3) is 16.9 Å². The second kappa shape index (κ2) is 8.49. The van der Waals surface area contributed by atoms with Crippen molar-refractivity contribution in [2.75, 3.05) is 11.9 Å². The standard InChI is InChI=1S/C22H15F5N4O2/c1-30(15-6-8-16(9-7-15)33-21(23)24)20(32)17-12-31-18(10-29-19(31)11-28-17)13-2-4-14(5-3-13)22(25,26)27/h2-12,21H,1H3. The van der Waals surface area contributed by atoms with Crippen LogP contribution >= 0.6 is 0 Å². The van der Waals surface area contributed by atoms with Gasteiger partial charge in [0.05, 0.1) is 23.7 Å². The molecule has 0 aliphatic carbocycles. The van der Waals surface area contributed by atoms with E-state index >= 15 is 0 Å². The summed E-state index contributed by atoms with van der Waals surface area (Å²) in [6, 6.07) is 10.1. The number of fused-ring (bicyclic) bond motifs is 1. The largest absolute Gasteiger partial charge is 0.435 e. The number of anilines is 1. The van der Waals surface area contributed by atoms with Gasteiger partial charge >= 0.3 is 12.8 Å². The molecule has 2 aromatic carbocycles. The van der Waals surface area contributed by atoms with Gasteiger partial charge in [0.25, 0.3) is 5.91 Å². The first kappa shape index (κ1) is 22.2. The normalized spacial score (nSPS) is 11.7. The number of amides is 1. The van der Waals surface area contributed by atoms with Gasteiger partial charge in [0.2, 0.25) is 0 Å². The summed E-state index contributed by atoms with van der Waals surface area (Å²) in [5.41, 5.74) is 1.04. The number of carbonyl (C=O) groups excluding carboxylic acids is 1. The zero-order valence-electron chi connectivity index (χ0n) is 16.9. The zero-order valence-corrected chi connectivity index (χ0v) is 16.9. The molecule has 6 nitrogen and oxygen atoms in total. The van der Waals surface area contributed by atoms with E-state index in [0.717, 1.165) is 12.1 Å². The van der Waals surface area contributed by atoms with Crippen LogP contribution in [0.3, 0.4) is 0 Å². The Hall–Kier alpha value is -4.02. The first-order valence-corrected chi connectivity index (χ1v) is 9.47. The molecule has 0 fully saturated rings. The Kier molecular flexibility index (Phi) is 5.71. The van der Waals surface area contributed by atoms with Crippen molar-refractivity contribution in [1.29, 1.82) is 0 Å². The maximum atomic E-state index is 12.9. The average Bonchev–Trinajstić information content (AvgIpc) is 3.21. The lowest BCUT2D eigenvalue weighted by Gasteiger charge is -2.17. The van der Waals surface area contributed by atoms with Crippen molar-refractivity contribution < 1.29 is 31.5 Å². The van der Waals surface area contributed by atoms with Crippen molar-refractivity contribution in [3.05, 3.63) is 78.4 Å². The highest BCUT2D eigenvalue weighted by Gasteiger charge is 2.30. The lowest BCUT2D eigenvalue weighted by molar-refractivity contribution is -0.137. The first-order valence-electron chi connectivity index (χ1n) is 9.47. The van der Waals surface area contributed by atoms with Crippen molar-refractivity contribution in [1.82, 2.24) is 14.4 Å². The van der Waals surface area contributed by atoms with Crippen LogP contribution in [0.4, 0.5) is 27.6 Å². The summed E-state index contributed by atoms with van der Waals surface area (Å²) in [5, 5.41) is 0. The predicted octanol–water partition coefficient (Wildman–Crippen LogP) is 5.29. The summed E-state index contributed by atoms with van der Waals surface area (Å²) in [7, 11) is 1.49. The number of carbonyl (C=O) groups is 1. The predicted molar refractivity (Wildman–Crippen MR) is 109 cm³/mol. The lowest BCUT2D eigenvalue weighted by atomic mass is 10.1. The molecule has 33 heavy (non-hydrogen) atoms. The van der Waals surface area contributed by atoms with Gasteiger partial charge in [-0.2, -0.15) is 22.0 Å². The minimum atomic E-state index is -4.45. The summed E-state index contributed by atoms with van der Waals surface area (Å²) in [6.45, 7) is -2.96.